The van der Waals surface area contributed by atoms with Crippen LogP contribution in [0.1, 0.15) is 15.9 Å². The molecule has 1 N–H and O–H groups in total. The highest BCUT2D eigenvalue weighted by Crippen LogP contribution is 2.25. The summed E-state index contributed by atoms with van der Waals surface area (Å²) in [5, 5.41) is 9.10. The molecule has 3 nitrogen and oxygen atoms in total. The zero-order valence-electron chi connectivity index (χ0n) is 8.84. The van der Waals surface area contributed by atoms with Crippen LogP contribution < -0.4 is 0 Å². The first-order valence-corrected chi connectivity index (χ1v) is 4.93. The average Bonchev–Trinajstić information content (AvgIpc) is 2.29. The zero-order valence-corrected chi connectivity index (χ0v) is 8.84. The van der Waals surface area contributed by atoms with E-state index in [-0.39, 0.29) is 0 Å². The molecule has 0 aliphatic heterocycles. The molecule has 80 valence electrons. The molecule has 1 aromatic carbocycles. The summed E-state index contributed by atoms with van der Waals surface area (Å²) in [6.45, 7) is 1.92. The third-order valence-electron chi connectivity index (χ3n) is 2.47. The smallest absolute Gasteiger partial charge is 0.336 e. The monoisotopic (exact) mass is 213 g/mol. The fourth-order valence-corrected chi connectivity index (χ4v) is 1.68. The Hall–Kier alpha value is -2.16. The van der Waals surface area contributed by atoms with Crippen LogP contribution in [0.4, 0.5) is 0 Å². The lowest BCUT2D eigenvalue weighted by Crippen LogP contribution is -1.99. The molecule has 3 heteroatoms. The van der Waals surface area contributed by atoms with Crippen molar-refractivity contribution in [2.45, 2.75) is 6.92 Å². The van der Waals surface area contributed by atoms with Crippen molar-refractivity contribution < 1.29 is 9.90 Å². The maximum absolute atomic E-state index is 11.1. The summed E-state index contributed by atoms with van der Waals surface area (Å²) in [5.41, 5.74) is 2.93. The summed E-state index contributed by atoms with van der Waals surface area (Å²) in [4.78, 5) is 15.1. The Kier molecular flexibility index (Phi) is 2.68. The van der Waals surface area contributed by atoms with E-state index in [4.69, 9.17) is 5.11 Å². The van der Waals surface area contributed by atoms with Gasteiger partial charge in [0.1, 0.15) is 0 Å². The first kappa shape index (κ1) is 10.4. The lowest BCUT2D eigenvalue weighted by molar-refractivity contribution is 0.0698. The second kappa shape index (κ2) is 4.14. The van der Waals surface area contributed by atoms with E-state index < -0.39 is 5.97 Å². The number of rotatable bonds is 2. The van der Waals surface area contributed by atoms with Gasteiger partial charge >= 0.3 is 5.97 Å². The highest BCUT2D eigenvalue weighted by Gasteiger charge is 2.11. The molecule has 0 radical (unpaired) electrons. The van der Waals surface area contributed by atoms with Crippen LogP contribution in [0.15, 0.2) is 42.7 Å². The van der Waals surface area contributed by atoms with E-state index in [1.54, 1.807) is 24.5 Å². The molecule has 0 saturated carbocycles. The maximum Gasteiger partial charge on any atom is 0.336 e. The van der Waals surface area contributed by atoms with E-state index in [0.717, 1.165) is 16.7 Å². The van der Waals surface area contributed by atoms with Gasteiger partial charge in [0, 0.05) is 12.4 Å². The van der Waals surface area contributed by atoms with Crippen LogP contribution >= 0.6 is 0 Å². The average molecular weight is 213 g/mol. The number of aryl methyl sites for hydroxylation is 1. The van der Waals surface area contributed by atoms with Gasteiger partial charge in [-0.2, -0.15) is 0 Å². The molecule has 16 heavy (non-hydrogen) atoms. The van der Waals surface area contributed by atoms with E-state index in [2.05, 4.69) is 4.98 Å². The molecule has 0 fully saturated rings. The fourth-order valence-electron chi connectivity index (χ4n) is 1.68. The number of hydrogen-bond donors (Lipinski definition) is 1. The lowest BCUT2D eigenvalue weighted by Gasteiger charge is -2.08. The summed E-state index contributed by atoms with van der Waals surface area (Å²) in [6.07, 6.45) is 3.40. The molecular formula is C13H11NO2. The predicted molar refractivity (Wildman–Crippen MR) is 61.4 cm³/mol. The van der Waals surface area contributed by atoms with Crippen molar-refractivity contribution in [1.82, 2.24) is 4.98 Å². The van der Waals surface area contributed by atoms with Crippen LogP contribution in [0.5, 0.6) is 0 Å². The Balaban J connectivity index is 2.65. The number of pyridine rings is 1. The molecule has 1 aromatic heterocycles. The molecule has 1 heterocycles. The highest BCUT2D eigenvalue weighted by atomic mass is 16.4. The van der Waals surface area contributed by atoms with E-state index >= 15 is 0 Å². The van der Waals surface area contributed by atoms with Crippen LogP contribution in [0.3, 0.4) is 0 Å². The first-order valence-electron chi connectivity index (χ1n) is 4.93. The molecule has 0 aliphatic rings. The van der Waals surface area contributed by atoms with Crippen molar-refractivity contribution in [3.05, 3.63) is 53.9 Å². The van der Waals surface area contributed by atoms with Crippen LogP contribution in [0.25, 0.3) is 11.1 Å². The standard InChI is InChI=1S/C13H11NO2/c1-9-8-14-7-6-10(9)11-4-2-3-5-12(11)13(15)16/h2-8H,1H3,(H,15,16). The van der Waals surface area contributed by atoms with Gasteiger partial charge in [-0.05, 0) is 35.7 Å². The molecule has 0 saturated heterocycles. The Morgan fingerprint density at radius 3 is 2.62 bits per heavy atom. The Morgan fingerprint density at radius 2 is 1.94 bits per heavy atom. The van der Waals surface area contributed by atoms with Gasteiger partial charge in [0.2, 0.25) is 0 Å². The van der Waals surface area contributed by atoms with E-state index in [1.807, 2.05) is 25.1 Å². The largest absolute Gasteiger partial charge is 0.478 e. The predicted octanol–water partition coefficient (Wildman–Crippen LogP) is 2.76. The minimum Gasteiger partial charge on any atom is -0.478 e. The highest BCUT2D eigenvalue weighted by molar-refractivity contribution is 5.96. The third-order valence-corrected chi connectivity index (χ3v) is 2.47. The maximum atomic E-state index is 11.1. The van der Waals surface area contributed by atoms with Crippen molar-refractivity contribution in [3.8, 4) is 11.1 Å². The number of benzene rings is 1. The Labute approximate surface area is 93.4 Å². The van der Waals surface area contributed by atoms with E-state index in [1.165, 1.54) is 0 Å². The number of carboxylic acid groups (broad SMARTS) is 1. The molecule has 2 rings (SSSR count). The first-order chi connectivity index (χ1) is 7.70. The molecule has 0 unspecified atom stereocenters. The Morgan fingerprint density at radius 1 is 1.19 bits per heavy atom. The quantitative estimate of drug-likeness (QED) is 0.834. The SMILES string of the molecule is Cc1cnccc1-c1ccccc1C(=O)O. The van der Waals surface area contributed by atoms with Gasteiger partial charge in [-0.1, -0.05) is 18.2 Å². The molecule has 2 aromatic rings. The van der Waals surface area contributed by atoms with Crippen LogP contribution in [0, 0.1) is 6.92 Å². The normalized spacial score (nSPS) is 10.1. The number of aromatic carboxylic acids is 1. The summed E-state index contributed by atoms with van der Waals surface area (Å²) >= 11 is 0. The van der Waals surface area contributed by atoms with Crippen molar-refractivity contribution in [1.29, 1.82) is 0 Å². The van der Waals surface area contributed by atoms with E-state index in [0.29, 0.717) is 5.56 Å². The molecular weight excluding hydrogens is 202 g/mol. The minimum absolute atomic E-state index is 0.316. The Bertz CT molecular complexity index is 535. The van der Waals surface area contributed by atoms with Gasteiger partial charge in [-0.3, -0.25) is 4.98 Å². The topological polar surface area (TPSA) is 50.2 Å². The van der Waals surface area contributed by atoms with Crippen molar-refractivity contribution in [2.75, 3.05) is 0 Å². The van der Waals surface area contributed by atoms with Crippen molar-refractivity contribution in [3.63, 3.8) is 0 Å². The van der Waals surface area contributed by atoms with Crippen LogP contribution in [-0.4, -0.2) is 16.1 Å². The second-order valence-electron chi connectivity index (χ2n) is 3.54. The van der Waals surface area contributed by atoms with Gasteiger partial charge in [0.25, 0.3) is 0 Å². The summed E-state index contributed by atoms with van der Waals surface area (Å²) in [6, 6.07) is 8.81. The van der Waals surface area contributed by atoms with Gasteiger partial charge < -0.3 is 5.11 Å². The van der Waals surface area contributed by atoms with Crippen LogP contribution in [-0.2, 0) is 0 Å². The molecule has 0 bridgehead atoms. The third kappa shape index (κ3) is 1.80. The zero-order chi connectivity index (χ0) is 11.5. The van der Waals surface area contributed by atoms with E-state index in [9.17, 15) is 4.79 Å². The number of carbonyl (C=O) groups is 1. The van der Waals surface area contributed by atoms with Crippen molar-refractivity contribution >= 4 is 5.97 Å². The summed E-state index contributed by atoms with van der Waals surface area (Å²) < 4.78 is 0. The summed E-state index contributed by atoms with van der Waals surface area (Å²) in [5.74, 6) is -0.910. The second-order valence-corrected chi connectivity index (χ2v) is 3.54. The number of hydrogen-bond acceptors (Lipinski definition) is 2. The molecule has 0 amide bonds. The number of carboxylic acids is 1. The van der Waals surface area contributed by atoms with Crippen molar-refractivity contribution in [2.24, 2.45) is 0 Å². The number of nitrogens with zero attached hydrogens (tertiary/aromatic N) is 1. The van der Waals surface area contributed by atoms with Gasteiger partial charge in [-0.15, -0.1) is 0 Å². The molecule has 0 spiro atoms. The molecule has 0 atom stereocenters. The van der Waals surface area contributed by atoms with Gasteiger partial charge in [0.15, 0.2) is 0 Å². The number of aromatic nitrogens is 1. The molecule has 0 aliphatic carbocycles. The van der Waals surface area contributed by atoms with Gasteiger partial charge in [0.05, 0.1) is 5.56 Å². The van der Waals surface area contributed by atoms with Gasteiger partial charge in [-0.25, -0.2) is 4.79 Å². The van der Waals surface area contributed by atoms with Crippen LogP contribution in [0.2, 0.25) is 0 Å². The lowest BCUT2D eigenvalue weighted by atomic mass is 9.97. The minimum atomic E-state index is -0.910. The summed E-state index contributed by atoms with van der Waals surface area (Å²) in [7, 11) is 0. The fraction of sp³-hybridized carbons (Fsp3) is 0.0769.